The SMILES string of the molecule is Cc1cc(C)c(C(=O)NC(C)c2ncc[nH]2)c(=O)[nH]1. The van der Waals surface area contributed by atoms with Crippen LogP contribution in [-0.2, 0) is 0 Å². The van der Waals surface area contributed by atoms with E-state index in [0.29, 0.717) is 11.4 Å². The van der Waals surface area contributed by atoms with Crippen LogP contribution in [0.4, 0.5) is 0 Å². The van der Waals surface area contributed by atoms with Crippen LogP contribution in [0.5, 0.6) is 0 Å². The van der Waals surface area contributed by atoms with Gasteiger partial charge in [0.15, 0.2) is 0 Å². The van der Waals surface area contributed by atoms with E-state index in [1.807, 2.05) is 0 Å². The molecule has 2 heterocycles. The van der Waals surface area contributed by atoms with E-state index in [-0.39, 0.29) is 17.2 Å². The molecule has 0 radical (unpaired) electrons. The number of aromatic amines is 2. The van der Waals surface area contributed by atoms with E-state index < -0.39 is 5.91 Å². The van der Waals surface area contributed by atoms with Crippen molar-refractivity contribution in [2.75, 3.05) is 0 Å². The van der Waals surface area contributed by atoms with Crippen LogP contribution in [0, 0.1) is 13.8 Å². The maximum Gasteiger partial charge on any atom is 0.261 e. The molecule has 0 aliphatic carbocycles. The summed E-state index contributed by atoms with van der Waals surface area (Å²) in [5.41, 5.74) is 1.16. The lowest BCUT2D eigenvalue weighted by Gasteiger charge is -2.12. The summed E-state index contributed by atoms with van der Waals surface area (Å²) in [7, 11) is 0. The lowest BCUT2D eigenvalue weighted by Crippen LogP contribution is -2.33. The third-order valence-electron chi connectivity index (χ3n) is 2.87. The van der Waals surface area contributed by atoms with Gasteiger partial charge in [0, 0.05) is 18.1 Å². The van der Waals surface area contributed by atoms with E-state index in [0.717, 1.165) is 5.69 Å². The summed E-state index contributed by atoms with van der Waals surface area (Å²) in [6, 6.07) is 1.48. The summed E-state index contributed by atoms with van der Waals surface area (Å²) in [5, 5.41) is 2.75. The van der Waals surface area contributed by atoms with Gasteiger partial charge in [-0.3, -0.25) is 9.59 Å². The fourth-order valence-electron chi connectivity index (χ4n) is 1.99. The minimum Gasteiger partial charge on any atom is -0.347 e. The first kappa shape index (κ1) is 13.1. The van der Waals surface area contributed by atoms with Crippen LogP contribution in [0.2, 0.25) is 0 Å². The molecule has 0 aliphatic heterocycles. The Labute approximate surface area is 110 Å². The molecule has 6 nitrogen and oxygen atoms in total. The maximum atomic E-state index is 12.1. The quantitative estimate of drug-likeness (QED) is 0.774. The van der Waals surface area contributed by atoms with Gasteiger partial charge in [-0.25, -0.2) is 4.98 Å². The Hall–Kier alpha value is -2.37. The highest BCUT2D eigenvalue weighted by Crippen LogP contribution is 2.08. The fourth-order valence-corrected chi connectivity index (χ4v) is 1.99. The summed E-state index contributed by atoms with van der Waals surface area (Å²) in [5.74, 6) is 0.247. The Morgan fingerprint density at radius 3 is 2.74 bits per heavy atom. The Morgan fingerprint density at radius 2 is 2.16 bits per heavy atom. The molecule has 100 valence electrons. The molecule has 6 heteroatoms. The van der Waals surface area contributed by atoms with Crippen molar-refractivity contribution in [3.05, 3.63) is 51.5 Å². The minimum atomic E-state index is -0.400. The molecule has 2 aromatic heterocycles. The van der Waals surface area contributed by atoms with Gasteiger partial charge in [-0.15, -0.1) is 0 Å². The van der Waals surface area contributed by atoms with Crippen molar-refractivity contribution in [1.29, 1.82) is 0 Å². The topological polar surface area (TPSA) is 90.6 Å². The smallest absolute Gasteiger partial charge is 0.261 e. The molecule has 0 saturated carbocycles. The first-order valence-electron chi connectivity index (χ1n) is 5.99. The number of H-pyrrole nitrogens is 2. The average molecular weight is 260 g/mol. The van der Waals surface area contributed by atoms with Crippen molar-refractivity contribution in [2.45, 2.75) is 26.8 Å². The second-order valence-corrected chi connectivity index (χ2v) is 4.51. The number of amides is 1. The van der Waals surface area contributed by atoms with Crippen LogP contribution < -0.4 is 10.9 Å². The van der Waals surface area contributed by atoms with Gasteiger partial charge in [-0.1, -0.05) is 0 Å². The monoisotopic (exact) mass is 260 g/mol. The molecular weight excluding hydrogens is 244 g/mol. The average Bonchev–Trinajstić information content (AvgIpc) is 2.80. The molecule has 19 heavy (non-hydrogen) atoms. The van der Waals surface area contributed by atoms with Crippen molar-refractivity contribution >= 4 is 5.91 Å². The number of rotatable bonds is 3. The summed E-state index contributed by atoms with van der Waals surface area (Å²) in [6.45, 7) is 5.32. The predicted molar refractivity (Wildman–Crippen MR) is 71.0 cm³/mol. The highest BCUT2D eigenvalue weighted by molar-refractivity contribution is 5.95. The number of nitrogens with one attached hydrogen (secondary N) is 3. The summed E-state index contributed by atoms with van der Waals surface area (Å²) >= 11 is 0. The fraction of sp³-hybridized carbons (Fsp3) is 0.308. The zero-order valence-electron chi connectivity index (χ0n) is 11.1. The second kappa shape index (κ2) is 5.09. The number of hydrogen-bond donors (Lipinski definition) is 3. The number of pyridine rings is 1. The Kier molecular flexibility index (Phi) is 3.50. The third-order valence-corrected chi connectivity index (χ3v) is 2.87. The van der Waals surface area contributed by atoms with Gasteiger partial charge in [0.1, 0.15) is 11.4 Å². The highest BCUT2D eigenvalue weighted by Gasteiger charge is 2.18. The van der Waals surface area contributed by atoms with Crippen LogP contribution in [0.15, 0.2) is 23.3 Å². The second-order valence-electron chi connectivity index (χ2n) is 4.51. The molecule has 0 spiro atoms. The molecule has 2 rings (SSSR count). The number of aromatic nitrogens is 3. The first-order chi connectivity index (χ1) is 8.99. The van der Waals surface area contributed by atoms with E-state index in [4.69, 9.17) is 0 Å². The Morgan fingerprint density at radius 1 is 1.42 bits per heavy atom. The van der Waals surface area contributed by atoms with Gasteiger partial charge in [0.2, 0.25) is 0 Å². The van der Waals surface area contributed by atoms with Gasteiger partial charge >= 0.3 is 0 Å². The first-order valence-corrected chi connectivity index (χ1v) is 5.99. The lowest BCUT2D eigenvalue weighted by atomic mass is 10.1. The zero-order valence-corrected chi connectivity index (χ0v) is 11.1. The van der Waals surface area contributed by atoms with Crippen LogP contribution >= 0.6 is 0 Å². The minimum absolute atomic E-state index is 0.143. The van der Waals surface area contributed by atoms with E-state index >= 15 is 0 Å². The number of hydrogen-bond acceptors (Lipinski definition) is 3. The van der Waals surface area contributed by atoms with Crippen molar-refractivity contribution in [1.82, 2.24) is 20.3 Å². The molecular formula is C13H16N4O2. The van der Waals surface area contributed by atoms with Crippen molar-refractivity contribution in [3.8, 4) is 0 Å². The summed E-state index contributed by atoms with van der Waals surface area (Å²) in [6.07, 6.45) is 3.30. The van der Waals surface area contributed by atoms with Crippen molar-refractivity contribution in [3.63, 3.8) is 0 Å². The molecule has 1 atom stereocenters. The third kappa shape index (κ3) is 2.73. The molecule has 1 unspecified atom stereocenters. The van der Waals surface area contributed by atoms with E-state index in [1.165, 1.54) is 0 Å². The molecule has 0 aliphatic rings. The van der Waals surface area contributed by atoms with Gasteiger partial charge in [-0.05, 0) is 32.4 Å². The van der Waals surface area contributed by atoms with Crippen molar-refractivity contribution < 1.29 is 4.79 Å². The number of nitrogens with zero attached hydrogens (tertiary/aromatic N) is 1. The summed E-state index contributed by atoms with van der Waals surface area (Å²) < 4.78 is 0. The number of carbonyl (C=O) groups is 1. The zero-order chi connectivity index (χ0) is 14.0. The number of carbonyl (C=O) groups excluding carboxylic acids is 1. The van der Waals surface area contributed by atoms with E-state index in [9.17, 15) is 9.59 Å². The molecule has 0 aromatic carbocycles. The highest BCUT2D eigenvalue weighted by atomic mass is 16.2. The van der Waals surface area contributed by atoms with Gasteiger partial charge < -0.3 is 15.3 Å². The molecule has 0 fully saturated rings. The van der Waals surface area contributed by atoms with Crippen LogP contribution in [0.1, 0.15) is 40.4 Å². The van der Waals surface area contributed by atoms with Gasteiger partial charge in [0.05, 0.1) is 6.04 Å². The molecule has 0 saturated heterocycles. The standard InChI is InChI=1S/C13H16N4O2/c1-7-6-8(2)16-12(18)10(7)13(19)17-9(3)11-14-4-5-15-11/h4-6,9H,1-3H3,(H,14,15)(H,16,18)(H,17,19). The lowest BCUT2D eigenvalue weighted by molar-refractivity contribution is 0.0936. The van der Waals surface area contributed by atoms with Crippen LogP contribution in [0.3, 0.4) is 0 Å². The van der Waals surface area contributed by atoms with Crippen LogP contribution in [0.25, 0.3) is 0 Å². The summed E-state index contributed by atoms with van der Waals surface area (Å²) in [4.78, 5) is 33.6. The van der Waals surface area contributed by atoms with E-state index in [1.54, 1.807) is 39.2 Å². The van der Waals surface area contributed by atoms with Crippen molar-refractivity contribution in [2.24, 2.45) is 0 Å². The molecule has 2 aromatic rings. The molecule has 3 N–H and O–H groups in total. The maximum absolute atomic E-state index is 12.1. The van der Waals surface area contributed by atoms with Gasteiger partial charge in [0.25, 0.3) is 11.5 Å². The van der Waals surface area contributed by atoms with Gasteiger partial charge in [-0.2, -0.15) is 0 Å². The predicted octanol–water partition coefficient (Wildman–Crippen LogP) is 1.21. The Bertz CT molecular complexity index is 643. The van der Waals surface area contributed by atoms with E-state index in [2.05, 4.69) is 20.3 Å². The number of aryl methyl sites for hydroxylation is 2. The van der Waals surface area contributed by atoms with Crippen LogP contribution in [-0.4, -0.2) is 20.9 Å². The largest absolute Gasteiger partial charge is 0.347 e. The molecule has 0 bridgehead atoms. The Balaban J connectivity index is 2.24. The number of imidazole rings is 1. The molecule has 1 amide bonds. The normalized spacial score (nSPS) is 12.2.